The summed E-state index contributed by atoms with van der Waals surface area (Å²) in [4.78, 5) is 22.3. The molecular weight excluding hydrogens is 587 g/mol. The molecule has 1 aliphatic heterocycles. The number of thiazole rings is 1. The van der Waals surface area contributed by atoms with Gasteiger partial charge in [0.15, 0.2) is 0 Å². The summed E-state index contributed by atoms with van der Waals surface area (Å²) in [6.45, 7) is 0. The molecule has 0 saturated carbocycles. The van der Waals surface area contributed by atoms with Crippen molar-refractivity contribution in [1.29, 1.82) is 0 Å². The summed E-state index contributed by atoms with van der Waals surface area (Å²) in [5, 5.41) is 12.5. The Morgan fingerprint density at radius 3 is 2.58 bits per heavy atom. The van der Waals surface area contributed by atoms with Gasteiger partial charge in [-0.3, -0.25) is 0 Å². The molecule has 1 atom stereocenters. The Balaban J connectivity index is 1.34. The molecule has 0 fully saturated rings. The number of halogens is 3. The number of pyridine rings is 1. The minimum Gasteiger partial charge on any atom is -0.422 e. The van der Waals surface area contributed by atoms with Crippen molar-refractivity contribution in [3.05, 3.63) is 121 Å². The molecule has 3 aromatic heterocycles. The lowest BCUT2D eigenvalue weighted by Crippen LogP contribution is -2.19. The van der Waals surface area contributed by atoms with E-state index in [0.29, 0.717) is 49.0 Å². The summed E-state index contributed by atoms with van der Waals surface area (Å²) in [7, 11) is 0. The topological polar surface area (TPSA) is 71.6 Å². The first kappa shape index (κ1) is 25.2. The van der Waals surface area contributed by atoms with Gasteiger partial charge in [0.2, 0.25) is 5.13 Å². The normalized spacial score (nSPS) is 15.2. The van der Waals surface area contributed by atoms with Crippen molar-refractivity contribution >= 4 is 78.9 Å². The molecule has 7 rings (SSSR count). The van der Waals surface area contributed by atoms with Gasteiger partial charge in [0, 0.05) is 43.7 Å². The van der Waals surface area contributed by atoms with Crippen molar-refractivity contribution in [3.8, 4) is 11.3 Å². The second-order valence-electron chi connectivity index (χ2n) is 9.30. The number of para-hydroxylation sites is 1. The highest BCUT2D eigenvalue weighted by molar-refractivity contribution is 7.14. The van der Waals surface area contributed by atoms with Gasteiger partial charge in [-0.2, -0.15) is 5.10 Å². The van der Waals surface area contributed by atoms with E-state index in [1.807, 2.05) is 65.0 Å². The van der Waals surface area contributed by atoms with Gasteiger partial charge >= 0.3 is 5.63 Å². The Morgan fingerprint density at radius 2 is 1.70 bits per heavy atom. The largest absolute Gasteiger partial charge is 0.422 e. The monoisotopic (exact) mass is 602 g/mol. The highest BCUT2D eigenvalue weighted by Gasteiger charge is 2.34. The third-order valence-corrected chi connectivity index (χ3v) is 8.51. The number of rotatable bonds is 4. The molecule has 6 nitrogen and oxygen atoms in total. The van der Waals surface area contributed by atoms with Crippen LogP contribution in [0.25, 0.3) is 33.1 Å². The standard InChI is InChI=1S/C30H17Cl3N4O2S/c31-18-9-10-27-17(11-18)13-20(29(38)39-27)25-15-40-30(35-25)37-26(14-24(36-37)19-6-2-3-7-22(19)32)21-12-16-5-1-4-8-23(16)34-28(21)33/h1-13,15,26H,14H2. The molecule has 3 aromatic carbocycles. The maximum atomic E-state index is 12.9. The van der Waals surface area contributed by atoms with E-state index in [-0.39, 0.29) is 6.04 Å². The number of hydrazone groups is 1. The molecule has 1 aliphatic rings. The van der Waals surface area contributed by atoms with E-state index in [1.165, 1.54) is 11.3 Å². The first-order valence-electron chi connectivity index (χ1n) is 12.3. The van der Waals surface area contributed by atoms with Crippen molar-refractivity contribution in [2.24, 2.45) is 5.10 Å². The van der Waals surface area contributed by atoms with Crippen molar-refractivity contribution < 1.29 is 4.42 Å². The molecular formula is C30H17Cl3N4O2S. The van der Waals surface area contributed by atoms with Gasteiger partial charge in [0.1, 0.15) is 10.7 Å². The molecule has 0 spiro atoms. The minimum atomic E-state index is -0.480. The summed E-state index contributed by atoms with van der Waals surface area (Å²) in [5.41, 5.74) is 4.08. The van der Waals surface area contributed by atoms with E-state index >= 15 is 0 Å². The van der Waals surface area contributed by atoms with E-state index in [9.17, 15) is 4.79 Å². The van der Waals surface area contributed by atoms with Gasteiger partial charge < -0.3 is 4.42 Å². The van der Waals surface area contributed by atoms with E-state index in [1.54, 1.807) is 24.3 Å². The van der Waals surface area contributed by atoms with Gasteiger partial charge in [0.25, 0.3) is 0 Å². The Kier molecular flexibility index (Phi) is 6.32. The zero-order chi connectivity index (χ0) is 27.4. The summed E-state index contributed by atoms with van der Waals surface area (Å²) in [6, 6.07) is 24.0. The van der Waals surface area contributed by atoms with Crippen molar-refractivity contribution in [1.82, 2.24) is 9.97 Å². The molecule has 4 heterocycles. The average Bonchev–Trinajstić information content (AvgIpc) is 3.61. The number of fused-ring (bicyclic) bond motifs is 2. The van der Waals surface area contributed by atoms with Crippen LogP contribution in [0.5, 0.6) is 0 Å². The van der Waals surface area contributed by atoms with Crippen LogP contribution >= 0.6 is 46.1 Å². The highest BCUT2D eigenvalue weighted by atomic mass is 35.5. The fourth-order valence-corrected chi connectivity index (χ4v) is 6.42. The summed E-state index contributed by atoms with van der Waals surface area (Å²) >= 11 is 20.8. The number of benzene rings is 3. The molecule has 6 aromatic rings. The molecule has 0 N–H and O–H groups in total. The Labute approximate surface area is 247 Å². The molecule has 0 aliphatic carbocycles. The number of aromatic nitrogens is 2. The quantitative estimate of drug-likeness (QED) is 0.149. The third kappa shape index (κ3) is 4.45. The van der Waals surface area contributed by atoms with Crippen LogP contribution in [-0.2, 0) is 0 Å². The highest BCUT2D eigenvalue weighted by Crippen LogP contribution is 2.42. The number of anilines is 1. The number of hydrogen-bond donors (Lipinski definition) is 0. The van der Waals surface area contributed by atoms with Crippen LogP contribution in [0.4, 0.5) is 5.13 Å². The first-order valence-corrected chi connectivity index (χ1v) is 14.3. The number of nitrogens with zero attached hydrogens (tertiary/aromatic N) is 4. The third-order valence-electron chi connectivity index (χ3n) is 6.82. The molecule has 0 saturated heterocycles. The van der Waals surface area contributed by atoms with Gasteiger partial charge in [-0.15, -0.1) is 11.3 Å². The molecule has 0 radical (unpaired) electrons. The zero-order valence-corrected chi connectivity index (χ0v) is 23.6. The van der Waals surface area contributed by atoms with Crippen LogP contribution in [0.2, 0.25) is 15.2 Å². The van der Waals surface area contributed by atoms with Crippen molar-refractivity contribution in [3.63, 3.8) is 0 Å². The molecule has 0 amide bonds. The number of hydrogen-bond acceptors (Lipinski definition) is 7. The minimum absolute atomic E-state index is 0.290. The van der Waals surface area contributed by atoms with Gasteiger partial charge in [-0.25, -0.2) is 19.8 Å². The lowest BCUT2D eigenvalue weighted by Gasteiger charge is -2.22. The van der Waals surface area contributed by atoms with Gasteiger partial charge in [0.05, 0.1) is 28.5 Å². The fourth-order valence-electron chi connectivity index (χ4n) is 4.90. The van der Waals surface area contributed by atoms with Crippen molar-refractivity contribution in [2.45, 2.75) is 12.5 Å². The molecule has 1 unspecified atom stereocenters. The maximum absolute atomic E-state index is 12.9. The molecule has 10 heteroatoms. The Hall–Kier alpha value is -3.75. The second-order valence-corrected chi connectivity index (χ2v) is 11.3. The molecule has 40 heavy (non-hydrogen) atoms. The average molecular weight is 604 g/mol. The predicted octanol–water partition coefficient (Wildman–Crippen LogP) is 8.78. The van der Waals surface area contributed by atoms with Crippen LogP contribution in [-0.4, -0.2) is 15.7 Å². The van der Waals surface area contributed by atoms with Crippen LogP contribution in [0, 0.1) is 0 Å². The Morgan fingerprint density at radius 1 is 0.875 bits per heavy atom. The van der Waals surface area contributed by atoms with E-state index in [4.69, 9.17) is 49.3 Å². The van der Waals surface area contributed by atoms with Gasteiger partial charge in [-0.1, -0.05) is 71.2 Å². The Bertz CT molecular complexity index is 2040. The SMILES string of the molecule is O=c1oc2ccc(Cl)cc2cc1-c1csc(N2N=C(c3ccccc3Cl)CC2c2cc3ccccc3nc2Cl)n1. The van der Waals surface area contributed by atoms with E-state index in [0.717, 1.165) is 27.7 Å². The zero-order valence-electron chi connectivity index (χ0n) is 20.5. The summed E-state index contributed by atoms with van der Waals surface area (Å²) in [5.74, 6) is 0. The van der Waals surface area contributed by atoms with Crippen LogP contribution in [0.15, 0.2) is 98.6 Å². The predicted molar refractivity (Wildman–Crippen MR) is 163 cm³/mol. The van der Waals surface area contributed by atoms with Crippen molar-refractivity contribution in [2.75, 3.05) is 5.01 Å². The summed E-state index contributed by atoms with van der Waals surface area (Å²) < 4.78 is 5.54. The van der Waals surface area contributed by atoms with Gasteiger partial charge in [-0.05, 0) is 42.5 Å². The lowest BCUT2D eigenvalue weighted by atomic mass is 9.98. The first-order chi connectivity index (χ1) is 19.4. The van der Waals surface area contributed by atoms with Crippen LogP contribution < -0.4 is 10.6 Å². The lowest BCUT2D eigenvalue weighted by molar-refractivity contribution is 0.563. The van der Waals surface area contributed by atoms with E-state index in [2.05, 4.69) is 4.98 Å². The fraction of sp³-hybridized carbons (Fsp3) is 0.0667. The molecule has 196 valence electrons. The maximum Gasteiger partial charge on any atom is 0.345 e. The van der Waals surface area contributed by atoms with Crippen LogP contribution in [0.3, 0.4) is 0 Å². The molecule has 0 bridgehead atoms. The van der Waals surface area contributed by atoms with Crippen LogP contribution in [0.1, 0.15) is 23.6 Å². The second kappa shape index (κ2) is 10.0. The van der Waals surface area contributed by atoms with E-state index < -0.39 is 5.63 Å². The summed E-state index contributed by atoms with van der Waals surface area (Å²) in [6.07, 6.45) is 0.537. The smallest absolute Gasteiger partial charge is 0.345 e.